The summed E-state index contributed by atoms with van der Waals surface area (Å²) in [6, 6.07) is 8.41. The smallest absolute Gasteiger partial charge is 0.329 e. The van der Waals surface area contributed by atoms with Crippen LogP contribution >= 0.6 is 0 Å². The van der Waals surface area contributed by atoms with Crippen molar-refractivity contribution >= 4 is 11.9 Å². The molecule has 0 aliphatic heterocycles. The molecule has 0 bridgehead atoms. The minimum absolute atomic E-state index is 0.299. The normalized spacial score (nSPS) is 11.3. The summed E-state index contributed by atoms with van der Waals surface area (Å²) < 4.78 is 70.8. The lowest BCUT2D eigenvalue weighted by atomic mass is 10.0. The number of carboxylic acid groups (broad SMARTS) is 1. The summed E-state index contributed by atoms with van der Waals surface area (Å²) in [6.45, 7) is 12.5. The zero-order chi connectivity index (χ0) is 42.4. The molecule has 2 N–H and O–H groups in total. The number of carbonyl (C=O) groups excluding carboxylic acids is 1. The third kappa shape index (κ3) is 42.0. The van der Waals surface area contributed by atoms with Crippen molar-refractivity contribution < 1.29 is 76.3 Å². The highest BCUT2D eigenvalue weighted by Crippen LogP contribution is 2.15. The number of ether oxygens (including phenoxy) is 13. The topological polar surface area (TPSA) is 186 Å². The highest BCUT2D eigenvalue weighted by molar-refractivity contribution is 5.77. The maximum Gasteiger partial charge on any atom is 0.329 e. The average Bonchev–Trinajstić information content (AvgIpc) is 3.23. The van der Waals surface area contributed by atoms with Gasteiger partial charge in [-0.15, -0.1) is 0 Å². The van der Waals surface area contributed by atoms with E-state index in [4.69, 9.17) is 61.9 Å². The van der Waals surface area contributed by atoms with Crippen LogP contribution in [0.15, 0.2) is 24.3 Å². The Morgan fingerprint density at radius 2 is 0.797 bits per heavy atom. The number of hydrogen-bond acceptors (Lipinski definition) is 15. The predicted octanol–water partition coefficient (Wildman–Crippen LogP) is 3.37. The van der Waals surface area contributed by atoms with E-state index >= 15 is 0 Å². The molecule has 1 rings (SSSR count). The minimum atomic E-state index is -1.12. The van der Waals surface area contributed by atoms with E-state index in [0.717, 1.165) is 12.2 Å². The van der Waals surface area contributed by atoms with Crippen LogP contribution in [0.5, 0.6) is 5.75 Å². The van der Waals surface area contributed by atoms with Gasteiger partial charge in [0.2, 0.25) is 5.91 Å². The minimum Gasteiger partial charge on any atom is -0.491 e. The molecule has 0 aromatic heterocycles. The number of benzene rings is 1. The van der Waals surface area contributed by atoms with Crippen molar-refractivity contribution in [1.82, 2.24) is 5.32 Å². The fourth-order valence-electron chi connectivity index (χ4n) is 4.93. The lowest BCUT2D eigenvalue weighted by molar-refractivity contribution is -0.143. The molecule has 0 atom stereocenters. The van der Waals surface area contributed by atoms with Crippen LogP contribution in [0.4, 0.5) is 0 Å². The molecule has 0 spiro atoms. The number of aliphatic carboxylic acids is 1. The van der Waals surface area contributed by atoms with E-state index in [1.165, 1.54) is 44.1 Å². The molecule has 0 aliphatic rings. The second kappa shape index (κ2) is 45.0. The van der Waals surface area contributed by atoms with Crippen molar-refractivity contribution in [1.29, 1.82) is 0 Å². The molecule has 17 nitrogen and oxygen atoms in total. The Kier molecular flexibility index (Phi) is 41.6. The van der Waals surface area contributed by atoms with E-state index in [1.54, 1.807) is 0 Å². The fraction of sp³-hybridized carbons (Fsp3) is 0.810. The Balaban J connectivity index is 1.67. The Morgan fingerprint density at radius 1 is 0.441 bits per heavy atom. The molecule has 0 aliphatic carbocycles. The number of rotatable bonds is 48. The Bertz CT molecular complexity index is 1040. The van der Waals surface area contributed by atoms with E-state index < -0.39 is 18.5 Å². The second-order valence-corrected chi connectivity index (χ2v) is 13.0. The van der Waals surface area contributed by atoms with Crippen LogP contribution in [0.25, 0.3) is 0 Å². The molecule has 0 saturated carbocycles. The van der Waals surface area contributed by atoms with Gasteiger partial charge in [-0.1, -0.05) is 51.2 Å². The van der Waals surface area contributed by atoms with E-state index in [-0.39, 0.29) is 6.61 Å². The van der Waals surface area contributed by atoms with Crippen LogP contribution < -0.4 is 10.1 Å². The Labute approximate surface area is 352 Å². The number of unbranched alkanes of at least 4 members (excludes halogenated alkanes) is 5. The Morgan fingerprint density at radius 3 is 1.19 bits per heavy atom. The summed E-state index contributed by atoms with van der Waals surface area (Å²) in [4.78, 5) is 21.7. The monoisotopic (exact) mass is 850 g/mol. The molecule has 1 amide bonds. The summed E-state index contributed by atoms with van der Waals surface area (Å²) in [6.07, 6.45) is 9.04. The number of aryl methyl sites for hydroxylation is 1. The highest BCUT2D eigenvalue weighted by Gasteiger charge is 2.03. The number of nitrogens with one attached hydrogen (secondary N) is 1. The van der Waals surface area contributed by atoms with Gasteiger partial charge in [-0.2, -0.15) is 0 Å². The first-order valence-electron chi connectivity index (χ1n) is 21.2. The second-order valence-electron chi connectivity index (χ2n) is 13.0. The van der Waals surface area contributed by atoms with Gasteiger partial charge in [-0.3, -0.25) is 4.79 Å². The van der Waals surface area contributed by atoms with E-state index in [1.807, 2.05) is 12.1 Å². The van der Waals surface area contributed by atoms with Crippen LogP contribution in [0.2, 0.25) is 0 Å². The van der Waals surface area contributed by atoms with Crippen LogP contribution in [0.3, 0.4) is 0 Å². The number of carbonyl (C=O) groups is 2. The molecular weight excluding hydrogens is 774 g/mol. The molecular formula is C42H75NO16. The number of amides is 1. The summed E-state index contributed by atoms with van der Waals surface area (Å²) in [5, 5.41) is 11.0. The van der Waals surface area contributed by atoms with Crippen LogP contribution in [0.1, 0.15) is 51.0 Å². The first kappa shape index (κ1) is 54.5. The van der Waals surface area contributed by atoms with Crippen molar-refractivity contribution in [3.63, 3.8) is 0 Å². The van der Waals surface area contributed by atoms with Crippen molar-refractivity contribution in [2.24, 2.45) is 0 Å². The largest absolute Gasteiger partial charge is 0.491 e. The van der Waals surface area contributed by atoms with Crippen molar-refractivity contribution in [3.8, 4) is 5.75 Å². The molecule has 344 valence electrons. The first-order chi connectivity index (χ1) is 29.1. The standard InChI is InChI=1S/C42H75NO16/c1-2-3-4-5-6-7-8-39-9-11-40(12-10-39)59-36-35-57-34-33-56-32-31-55-30-29-54-28-27-53-26-25-52-24-23-51-22-21-50-20-19-49-18-17-48-16-15-47-14-13-43-41(44)37-58-38-42(45)46/h9-12H,2-8,13-38H2,1H3,(H,43,44)(H,45,46). The zero-order valence-electron chi connectivity index (χ0n) is 35.7. The lowest BCUT2D eigenvalue weighted by Gasteiger charge is -2.09. The highest BCUT2D eigenvalue weighted by atomic mass is 16.6. The van der Waals surface area contributed by atoms with E-state index in [0.29, 0.717) is 159 Å². The van der Waals surface area contributed by atoms with Crippen LogP contribution in [0, 0.1) is 0 Å². The maximum absolute atomic E-state index is 11.4. The van der Waals surface area contributed by atoms with Gasteiger partial charge in [-0.25, -0.2) is 4.79 Å². The van der Waals surface area contributed by atoms with Gasteiger partial charge in [0, 0.05) is 6.54 Å². The number of hydrogen-bond donors (Lipinski definition) is 2. The summed E-state index contributed by atoms with van der Waals surface area (Å²) >= 11 is 0. The van der Waals surface area contributed by atoms with Crippen molar-refractivity contribution in [2.45, 2.75) is 51.9 Å². The van der Waals surface area contributed by atoms with Gasteiger partial charge in [0.1, 0.15) is 25.6 Å². The lowest BCUT2D eigenvalue weighted by Crippen LogP contribution is -2.31. The van der Waals surface area contributed by atoms with Gasteiger partial charge in [-0.05, 0) is 30.5 Å². The Hall–Kier alpha value is -2.52. The molecule has 0 saturated heterocycles. The van der Waals surface area contributed by atoms with Crippen LogP contribution in [-0.4, -0.2) is 189 Å². The van der Waals surface area contributed by atoms with E-state index in [2.05, 4.69) is 29.1 Å². The van der Waals surface area contributed by atoms with Gasteiger partial charge in [0.05, 0.1) is 145 Å². The summed E-state index contributed by atoms with van der Waals surface area (Å²) in [5.74, 6) is -0.645. The first-order valence-corrected chi connectivity index (χ1v) is 21.2. The van der Waals surface area contributed by atoms with Gasteiger partial charge in [0.25, 0.3) is 0 Å². The summed E-state index contributed by atoms with van der Waals surface area (Å²) in [7, 11) is 0. The van der Waals surface area contributed by atoms with Crippen LogP contribution in [-0.2, 0) is 72.9 Å². The molecule has 1 aromatic rings. The summed E-state index contributed by atoms with van der Waals surface area (Å²) in [5.41, 5.74) is 1.37. The average molecular weight is 850 g/mol. The predicted molar refractivity (Wildman–Crippen MR) is 219 cm³/mol. The molecule has 59 heavy (non-hydrogen) atoms. The molecule has 0 radical (unpaired) electrons. The number of carboxylic acids is 1. The maximum atomic E-state index is 11.4. The SMILES string of the molecule is CCCCCCCCc1ccc(OCCOCCOCCOCCOCCOCCOCCOCCOCCOCCOCCOCCNC(=O)COCC(=O)O)cc1. The molecule has 1 aromatic carbocycles. The fourth-order valence-corrected chi connectivity index (χ4v) is 4.93. The molecule has 17 heteroatoms. The van der Waals surface area contributed by atoms with Crippen molar-refractivity contribution in [3.05, 3.63) is 29.8 Å². The molecule has 0 heterocycles. The van der Waals surface area contributed by atoms with Gasteiger partial charge < -0.3 is 72.0 Å². The van der Waals surface area contributed by atoms with E-state index in [9.17, 15) is 9.59 Å². The molecule has 0 fully saturated rings. The quantitative estimate of drug-likeness (QED) is 0.0909. The third-order valence-corrected chi connectivity index (χ3v) is 7.99. The van der Waals surface area contributed by atoms with Gasteiger partial charge in [0.15, 0.2) is 0 Å². The van der Waals surface area contributed by atoms with Crippen molar-refractivity contribution in [2.75, 3.05) is 172 Å². The van der Waals surface area contributed by atoms with Gasteiger partial charge >= 0.3 is 5.97 Å². The molecule has 0 unspecified atom stereocenters. The third-order valence-electron chi connectivity index (χ3n) is 7.99. The zero-order valence-corrected chi connectivity index (χ0v) is 35.7.